The highest BCUT2D eigenvalue weighted by atomic mass is 16.7. The summed E-state index contributed by atoms with van der Waals surface area (Å²) in [5.74, 6) is -0.529. The van der Waals surface area contributed by atoms with Gasteiger partial charge in [-0.1, -0.05) is 18.2 Å². The lowest BCUT2D eigenvalue weighted by molar-refractivity contribution is -0.287. The first-order valence-corrected chi connectivity index (χ1v) is 16.7. The molecule has 7 rings (SSSR count). The number of ether oxygens (including phenoxy) is 3. The van der Waals surface area contributed by atoms with Gasteiger partial charge in [-0.25, -0.2) is 4.79 Å². The number of nitrogens with zero attached hydrogens (tertiary/aromatic N) is 5. The first kappa shape index (κ1) is 34.7. The van der Waals surface area contributed by atoms with Crippen molar-refractivity contribution in [2.45, 2.75) is 56.5 Å². The van der Waals surface area contributed by atoms with Gasteiger partial charge in [-0.15, -0.1) is 0 Å². The SMILES string of the molecule is COC1OC(C(=O)O)C(O)C(O)C1O.COc1cc(N2CCN(C3CCN(c4ccc(C)c5cccnc45)CC3)CC2)c2ncccc2c1. The highest BCUT2D eigenvalue weighted by Gasteiger charge is 2.47. The minimum atomic E-state index is -1.67. The molecule has 262 valence electrons. The van der Waals surface area contributed by atoms with Crippen LogP contribution in [0.3, 0.4) is 0 Å². The molecule has 5 atom stereocenters. The molecular weight excluding hydrogens is 630 g/mol. The number of piperazine rings is 1. The van der Waals surface area contributed by atoms with E-state index in [4.69, 9.17) is 19.6 Å². The molecular formula is C36H45N5O8. The molecule has 5 unspecified atom stereocenters. The summed E-state index contributed by atoms with van der Waals surface area (Å²) in [7, 11) is 2.93. The number of hydrogen-bond acceptors (Lipinski definition) is 12. The van der Waals surface area contributed by atoms with E-state index >= 15 is 0 Å². The Morgan fingerprint density at radius 3 is 2.16 bits per heavy atom. The highest BCUT2D eigenvalue weighted by Crippen LogP contribution is 2.33. The van der Waals surface area contributed by atoms with Crippen LogP contribution in [0.2, 0.25) is 0 Å². The number of aryl methyl sites for hydroxylation is 1. The third-order valence-electron chi connectivity index (χ3n) is 9.88. The van der Waals surface area contributed by atoms with Gasteiger partial charge in [-0.05, 0) is 49.6 Å². The summed E-state index contributed by atoms with van der Waals surface area (Å²) in [6.07, 6.45) is -1.40. The highest BCUT2D eigenvalue weighted by molar-refractivity contribution is 5.93. The maximum Gasteiger partial charge on any atom is 0.335 e. The number of carboxylic acids is 1. The van der Waals surface area contributed by atoms with Crippen molar-refractivity contribution in [1.82, 2.24) is 14.9 Å². The van der Waals surface area contributed by atoms with Crippen LogP contribution in [0.4, 0.5) is 11.4 Å². The zero-order chi connectivity index (χ0) is 34.7. The van der Waals surface area contributed by atoms with Crippen molar-refractivity contribution in [3.8, 4) is 5.75 Å². The van der Waals surface area contributed by atoms with Gasteiger partial charge in [0.2, 0.25) is 0 Å². The molecule has 3 aliphatic rings. The molecule has 2 aromatic carbocycles. The largest absolute Gasteiger partial charge is 0.497 e. The fourth-order valence-electron chi connectivity index (χ4n) is 7.11. The van der Waals surface area contributed by atoms with Crippen LogP contribution >= 0.6 is 0 Å². The minimum Gasteiger partial charge on any atom is -0.497 e. The number of benzene rings is 2. The number of aromatic nitrogens is 2. The van der Waals surface area contributed by atoms with Gasteiger partial charge < -0.3 is 44.4 Å². The van der Waals surface area contributed by atoms with Crippen molar-refractivity contribution in [3.05, 3.63) is 66.5 Å². The summed E-state index contributed by atoms with van der Waals surface area (Å²) in [5, 5.41) is 38.7. The summed E-state index contributed by atoms with van der Waals surface area (Å²) < 4.78 is 14.9. The van der Waals surface area contributed by atoms with E-state index in [-0.39, 0.29) is 0 Å². The van der Waals surface area contributed by atoms with Crippen molar-refractivity contribution < 1.29 is 39.4 Å². The van der Waals surface area contributed by atoms with Gasteiger partial charge in [-0.3, -0.25) is 14.9 Å². The van der Waals surface area contributed by atoms with Crippen molar-refractivity contribution in [2.75, 3.05) is 63.3 Å². The van der Waals surface area contributed by atoms with E-state index in [0.29, 0.717) is 6.04 Å². The quantitative estimate of drug-likeness (QED) is 0.236. The number of methoxy groups -OCH3 is 2. The molecule has 0 amide bonds. The molecule has 3 fully saturated rings. The monoisotopic (exact) mass is 675 g/mol. The van der Waals surface area contributed by atoms with Crippen molar-refractivity contribution in [2.24, 2.45) is 0 Å². The van der Waals surface area contributed by atoms with Gasteiger partial charge in [0.1, 0.15) is 24.1 Å². The van der Waals surface area contributed by atoms with E-state index in [2.05, 4.69) is 67.7 Å². The van der Waals surface area contributed by atoms with Crippen LogP contribution in [0.1, 0.15) is 18.4 Å². The van der Waals surface area contributed by atoms with Crippen LogP contribution < -0.4 is 14.5 Å². The molecule has 0 aliphatic carbocycles. The second kappa shape index (κ2) is 15.2. The predicted octanol–water partition coefficient (Wildman–Crippen LogP) is 2.42. The predicted molar refractivity (Wildman–Crippen MR) is 185 cm³/mol. The van der Waals surface area contributed by atoms with Crippen LogP contribution in [0.5, 0.6) is 5.75 Å². The first-order valence-electron chi connectivity index (χ1n) is 16.7. The number of aliphatic hydroxyl groups is 3. The Balaban J connectivity index is 0.000000251. The molecule has 4 N–H and O–H groups in total. The Kier molecular flexibility index (Phi) is 10.8. The lowest BCUT2D eigenvalue weighted by atomic mass is 9.99. The number of anilines is 2. The number of pyridine rings is 2. The summed E-state index contributed by atoms with van der Waals surface area (Å²) in [4.78, 5) is 27.7. The average molecular weight is 676 g/mol. The Morgan fingerprint density at radius 2 is 1.49 bits per heavy atom. The summed E-state index contributed by atoms with van der Waals surface area (Å²) in [6.45, 7) is 8.56. The van der Waals surface area contributed by atoms with Crippen LogP contribution in [-0.2, 0) is 14.3 Å². The lowest BCUT2D eigenvalue weighted by Crippen LogP contribution is -2.60. The number of piperidine rings is 1. The first-order chi connectivity index (χ1) is 23.7. The van der Waals surface area contributed by atoms with Crippen molar-refractivity contribution in [1.29, 1.82) is 0 Å². The van der Waals surface area contributed by atoms with E-state index in [1.165, 1.54) is 42.3 Å². The van der Waals surface area contributed by atoms with E-state index in [9.17, 15) is 20.1 Å². The molecule has 0 spiro atoms. The number of aliphatic carboxylic acids is 1. The summed E-state index contributed by atoms with van der Waals surface area (Å²) >= 11 is 0. The van der Waals surface area contributed by atoms with Crippen LogP contribution in [0, 0.1) is 6.92 Å². The normalized spacial score (nSPS) is 25.2. The Labute approximate surface area is 285 Å². The number of hydrogen-bond donors (Lipinski definition) is 4. The van der Waals surface area contributed by atoms with E-state index in [1.807, 2.05) is 24.5 Å². The van der Waals surface area contributed by atoms with Crippen LogP contribution in [-0.4, -0.2) is 131 Å². The van der Waals surface area contributed by atoms with Gasteiger partial charge >= 0.3 is 5.97 Å². The van der Waals surface area contributed by atoms with Gasteiger partial charge in [0.25, 0.3) is 0 Å². The number of carboxylic acid groups (broad SMARTS) is 1. The van der Waals surface area contributed by atoms with Gasteiger partial charge in [-0.2, -0.15) is 0 Å². The zero-order valence-corrected chi connectivity index (χ0v) is 28.1. The average Bonchev–Trinajstić information content (AvgIpc) is 3.14. The van der Waals surface area contributed by atoms with Gasteiger partial charge in [0, 0.05) is 81.7 Å². The summed E-state index contributed by atoms with van der Waals surface area (Å²) in [5.41, 5.74) is 5.97. The Bertz CT molecular complexity index is 1740. The third-order valence-corrected chi connectivity index (χ3v) is 9.88. The van der Waals surface area contributed by atoms with Crippen LogP contribution in [0.25, 0.3) is 21.8 Å². The summed E-state index contributed by atoms with van der Waals surface area (Å²) in [6, 6.07) is 17.7. The molecule has 0 saturated carbocycles. The van der Waals surface area contributed by atoms with Crippen LogP contribution in [0.15, 0.2) is 60.9 Å². The molecule has 4 aromatic rings. The molecule has 5 heterocycles. The Morgan fingerprint density at radius 1 is 0.816 bits per heavy atom. The fourth-order valence-corrected chi connectivity index (χ4v) is 7.11. The van der Waals surface area contributed by atoms with E-state index in [0.717, 1.165) is 61.4 Å². The molecule has 3 saturated heterocycles. The maximum atomic E-state index is 10.5. The maximum absolute atomic E-state index is 10.5. The zero-order valence-electron chi connectivity index (χ0n) is 28.1. The molecule has 0 radical (unpaired) electrons. The Hall–Kier alpha value is -4.11. The smallest absolute Gasteiger partial charge is 0.335 e. The van der Waals surface area contributed by atoms with E-state index < -0.39 is 36.7 Å². The molecule has 49 heavy (non-hydrogen) atoms. The molecule has 13 nitrogen and oxygen atoms in total. The third kappa shape index (κ3) is 7.28. The molecule has 0 bridgehead atoms. The number of aliphatic hydroxyl groups excluding tert-OH is 3. The number of carbonyl (C=O) groups is 1. The fraction of sp³-hybridized carbons (Fsp3) is 0.472. The molecule has 3 aliphatic heterocycles. The standard InChI is InChI=1S/C29H33N5O.C7H12O7/c1-21-7-8-26(29-25(21)6-4-12-31-29)33-13-9-23(10-14-33)32-15-17-34(18-16-32)27-20-24(35-2)19-22-5-3-11-30-28(22)27;1-13-7-4(10)2(8)3(9)5(14-7)6(11)12/h3-8,11-12,19-20,23H,9-10,13-18H2,1-2H3;2-5,7-10H,1H3,(H,11,12). The molecule has 13 heteroatoms. The second-order valence-electron chi connectivity index (χ2n) is 12.7. The molecule has 2 aromatic heterocycles. The van der Waals surface area contributed by atoms with Crippen molar-refractivity contribution in [3.63, 3.8) is 0 Å². The topological polar surface area (TPSA) is 161 Å². The number of fused-ring (bicyclic) bond motifs is 2. The van der Waals surface area contributed by atoms with E-state index in [1.54, 1.807) is 7.11 Å². The minimum absolute atomic E-state index is 0.651. The van der Waals surface area contributed by atoms with Gasteiger partial charge in [0.15, 0.2) is 12.4 Å². The lowest BCUT2D eigenvalue weighted by Gasteiger charge is -2.44. The van der Waals surface area contributed by atoms with Crippen molar-refractivity contribution >= 4 is 39.1 Å². The second-order valence-corrected chi connectivity index (χ2v) is 12.7. The number of rotatable bonds is 6. The van der Waals surface area contributed by atoms with Gasteiger partial charge in [0.05, 0.1) is 29.5 Å².